The van der Waals surface area contributed by atoms with Crippen LogP contribution in [0.1, 0.15) is 11.3 Å². The molecule has 0 aliphatic heterocycles. The lowest BCUT2D eigenvalue weighted by Crippen LogP contribution is -2.15. The van der Waals surface area contributed by atoms with Crippen molar-refractivity contribution in [3.8, 4) is 0 Å². The number of nitro groups is 1. The lowest BCUT2D eigenvalue weighted by atomic mass is 10.2. The Morgan fingerprint density at radius 1 is 1.42 bits per heavy atom. The van der Waals surface area contributed by atoms with E-state index in [1.807, 2.05) is 13.1 Å². The van der Waals surface area contributed by atoms with Crippen molar-refractivity contribution in [1.29, 1.82) is 0 Å². The number of hydrogen-bond donors (Lipinski definition) is 1. The minimum absolute atomic E-state index is 0.0681. The van der Waals surface area contributed by atoms with Crippen LogP contribution in [-0.4, -0.2) is 14.7 Å². The second-order valence-corrected chi connectivity index (χ2v) is 4.50. The molecule has 0 atom stereocenters. The summed E-state index contributed by atoms with van der Waals surface area (Å²) >= 11 is 5.75. The predicted molar refractivity (Wildman–Crippen MR) is 71.9 cm³/mol. The first-order valence-electron chi connectivity index (χ1n) is 5.68. The van der Waals surface area contributed by atoms with E-state index in [1.54, 1.807) is 23.0 Å². The fraction of sp³-hybridized carbons (Fsp3) is 0.250. The van der Waals surface area contributed by atoms with Crippen molar-refractivity contribution in [3.05, 3.63) is 56.9 Å². The summed E-state index contributed by atoms with van der Waals surface area (Å²) in [6.45, 7) is 1.18. The molecular formula is C12H13ClN4O2. The van der Waals surface area contributed by atoms with Crippen LogP contribution in [0.3, 0.4) is 0 Å². The zero-order chi connectivity index (χ0) is 13.8. The monoisotopic (exact) mass is 280 g/mol. The van der Waals surface area contributed by atoms with E-state index in [2.05, 4.69) is 10.4 Å². The summed E-state index contributed by atoms with van der Waals surface area (Å²) in [4.78, 5) is 10.3. The molecule has 100 valence electrons. The zero-order valence-electron chi connectivity index (χ0n) is 10.3. The second-order valence-electron chi connectivity index (χ2n) is 4.09. The molecule has 0 bridgehead atoms. The highest BCUT2D eigenvalue weighted by Crippen LogP contribution is 2.24. The van der Waals surface area contributed by atoms with Crippen molar-refractivity contribution in [3.63, 3.8) is 0 Å². The first-order valence-corrected chi connectivity index (χ1v) is 6.06. The van der Waals surface area contributed by atoms with Gasteiger partial charge in [-0.3, -0.25) is 14.8 Å². The number of nitrogens with one attached hydrogen (secondary N) is 1. The number of benzene rings is 1. The van der Waals surface area contributed by atoms with E-state index in [1.165, 1.54) is 6.07 Å². The van der Waals surface area contributed by atoms with E-state index in [-0.39, 0.29) is 10.7 Å². The largest absolute Gasteiger partial charge is 0.307 e. The maximum atomic E-state index is 10.8. The number of nitrogens with zero attached hydrogens (tertiary/aromatic N) is 3. The number of hydrogen-bond acceptors (Lipinski definition) is 4. The first-order chi connectivity index (χ1) is 9.08. The van der Waals surface area contributed by atoms with Gasteiger partial charge in [-0.2, -0.15) is 5.10 Å². The van der Waals surface area contributed by atoms with Crippen LogP contribution in [0, 0.1) is 10.1 Å². The van der Waals surface area contributed by atoms with E-state index >= 15 is 0 Å². The maximum Gasteiger partial charge on any atom is 0.288 e. The van der Waals surface area contributed by atoms with Crippen molar-refractivity contribution in [1.82, 2.24) is 15.1 Å². The molecule has 19 heavy (non-hydrogen) atoms. The molecule has 1 aromatic heterocycles. The Morgan fingerprint density at radius 3 is 2.84 bits per heavy atom. The van der Waals surface area contributed by atoms with Crippen LogP contribution in [0.15, 0.2) is 30.5 Å². The number of halogens is 1. The lowest BCUT2D eigenvalue weighted by Gasteiger charge is -2.06. The van der Waals surface area contributed by atoms with E-state index in [0.717, 1.165) is 11.3 Å². The Hall–Kier alpha value is -1.92. The van der Waals surface area contributed by atoms with Gasteiger partial charge in [-0.25, -0.2) is 0 Å². The smallest absolute Gasteiger partial charge is 0.288 e. The predicted octanol–water partition coefficient (Wildman–Crippen LogP) is 2.27. The van der Waals surface area contributed by atoms with Gasteiger partial charge >= 0.3 is 0 Å². The summed E-state index contributed by atoms with van der Waals surface area (Å²) < 4.78 is 1.78. The maximum absolute atomic E-state index is 10.8. The van der Waals surface area contributed by atoms with Crippen LogP contribution in [0.2, 0.25) is 5.02 Å². The highest BCUT2D eigenvalue weighted by molar-refractivity contribution is 6.32. The van der Waals surface area contributed by atoms with Gasteiger partial charge in [-0.15, -0.1) is 0 Å². The van der Waals surface area contributed by atoms with Crippen molar-refractivity contribution < 1.29 is 4.92 Å². The summed E-state index contributed by atoms with van der Waals surface area (Å²) in [5.74, 6) is 0. The Morgan fingerprint density at radius 2 is 2.21 bits per heavy atom. The molecule has 1 aromatic carbocycles. The average Bonchev–Trinajstić information content (AvgIpc) is 2.77. The van der Waals surface area contributed by atoms with Crippen LogP contribution < -0.4 is 5.32 Å². The molecule has 0 aliphatic carbocycles. The van der Waals surface area contributed by atoms with Gasteiger partial charge in [0.1, 0.15) is 5.02 Å². The molecule has 6 nitrogen and oxygen atoms in total. The van der Waals surface area contributed by atoms with Crippen LogP contribution in [0.4, 0.5) is 5.69 Å². The average molecular weight is 281 g/mol. The number of aromatic nitrogens is 2. The molecule has 2 aromatic rings. The summed E-state index contributed by atoms with van der Waals surface area (Å²) in [5, 5.41) is 18.2. The summed E-state index contributed by atoms with van der Waals surface area (Å²) in [6, 6.07) is 6.71. The third-order valence-electron chi connectivity index (χ3n) is 2.76. The minimum Gasteiger partial charge on any atom is -0.307 e. The molecule has 0 saturated heterocycles. The van der Waals surface area contributed by atoms with Crippen LogP contribution >= 0.6 is 11.6 Å². The quantitative estimate of drug-likeness (QED) is 0.673. The van der Waals surface area contributed by atoms with Gasteiger partial charge < -0.3 is 5.32 Å². The standard InChI is InChI=1S/C12H13ClN4O2/c1-16-10(4-5-15-16)8-14-7-9-2-3-11(13)12(6-9)17(18)19/h2-6,14H,7-8H2,1H3. The fourth-order valence-corrected chi connectivity index (χ4v) is 1.90. The van der Waals surface area contributed by atoms with Gasteiger partial charge in [0.05, 0.1) is 10.6 Å². The molecule has 0 amide bonds. The van der Waals surface area contributed by atoms with Gasteiger partial charge in [0.15, 0.2) is 0 Å². The van der Waals surface area contributed by atoms with Crippen LogP contribution in [0.25, 0.3) is 0 Å². The molecule has 1 N–H and O–H groups in total. The Bertz CT molecular complexity index is 597. The van der Waals surface area contributed by atoms with Gasteiger partial charge in [0, 0.05) is 32.4 Å². The van der Waals surface area contributed by atoms with Crippen LogP contribution in [-0.2, 0) is 20.1 Å². The van der Waals surface area contributed by atoms with Crippen LogP contribution in [0.5, 0.6) is 0 Å². The normalized spacial score (nSPS) is 10.6. The van der Waals surface area contributed by atoms with Crippen molar-refractivity contribution in [2.24, 2.45) is 7.05 Å². The molecule has 7 heteroatoms. The second kappa shape index (κ2) is 5.81. The molecule has 0 unspecified atom stereocenters. The van der Waals surface area contributed by atoms with Crippen molar-refractivity contribution in [2.45, 2.75) is 13.1 Å². The topological polar surface area (TPSA) is 73.0 Å². The molecule has 1 heterocycles. The highest BCUT2D eigenvalue weighted by Gasteiger charge is 2.12. The zero-order valence-corrected chi connectivity index (χ0v) is 11.1. The first kappa shape index (κ1) is 13.5. The van der Waals surface area contributed by atoms with Gasteiger partial charge in [0.2, 0.25) is 0 Å². The molecule has 0 aliphatic rings. The van der Waals surface area contributed by atoms with E-state index in [0.29, 0.717) is 13.1 Å². The van der Waals surface area contributed by atoms with Gasteiger partial charge in [-0.1, -0.05) is 17.7 Å². The van der Waals surface area contributed by atoms with Crippen molar-refractivity contribution >= 4 is 17.3 Å². The third-order valence-corrected chi connectivity index (χ3v) is 3.08. The Kier molecular flexibility index (Phi) is 4.13. The van der Waals surface area contributed by atoms with Gasteiger partial charge in [0.25, 0.3) is 5.69 Å². The van der Waals surface area contributed by atoms with E-state index < -0.39 is 4.92 Å². The Balaban J connectivity index is 1.98. The number of aryl methyl sites for hydroxylation is 1. The summed E-state index contributed by atoms with van der Waals surface area (Å²) in [6.07, 6.45) is 1.73. The summed E-state index contributed by atoms with van der Waals surface area (Å²) in [7, 11) is 1.87. The number of rotatable bonds is 5. The molecule has 2 rings (SSSR count). The summed E-state index contributed by atoms with van der Waals surface area (Å²) in [5.41, 5.74) is 1.79. The third kappa shape index (κ3) is 3.30. The van der Waals surface area contributed by atoms with Gasteiger partial charge in [-0.05, 0) is 17.7 Å². The van der Waals surface area contributed by atoms with E-state index in [4.69, 9.17) is 11.6 Å². The molecule has 0 spiro atoms. The molecule has 0 fully saturated rings. The lowest BCUT2D eigenvalue weighted by molar-refractivity contribution is -0.384. The van der Waals surface area contributed by atoms with Crippen molar-refractivity contribution in [2.75, 3.05) is 0 Å². The molecule has 0 saturated carbocycles. The molecule has 0 radical (unpaired) electrons. The highest BCUT2D eigenvalue weighted by atomic mass is 35.5. The minimum atomic E-state index is -0.479. The SMILES string of the molecule is Cn1nccc1CNCc1ccc(Cl)c([N+](=O)[O-])c1. The molecular weight excluding hydrogens is 268 g/mol. The fourth-order valence-electron chi connectivity index (χ4n) is 1.72. The number of nitro benzene ring substituents is 1. The van der Waals surface area contributed by atoms with E-state index in [9.17, 15) is 10.1 Å². The Labute approximate surface area is 115 Å².